The van der Waals surface area contributed by atoms with Crippen molar-refractivity contribution in [2.45, 2.75) is 101 Å². The van der Waals surface area contributed by atoms with Crippen molar-refractivity contribution < 1.29 is 215 Å². The average Bonchev–Trinajstić information content (AvgIpc) is 3.47. The molecule has 0 fully saturated rings. The zero-order chi connectivity index (χ0) is 62.9. The molecule has 0 aliphatic heterocycles. The van der Waals surface area contributed by atoms with E-state index in [2.05, 4.69) is 33.6 Å². The van der Waals surface area contributed by atoms with Crippen molar-refractivity contribution in [3.8, 4) is 11.5 Å². The molecule has 4 rings (SSSR count). The van der Waals surface area contributed by atoms with Gasteiger partial charge in [0.05, 0.1) is 36.9 Å². The number of ether oxygens (including phenoxy) is 6. The molecule has 0 amide bonds. The van der Waals surface area contributed by atoms with Gasteiger partial charge in [0.25, 0.3) is 0 Å². The number of para-hydroxylation sites is 2. The van der Waals surface area contributed by atoms with E-state index in [-0.39, 0.29) is 154 Å². The third-order valence-corrected chi connectivity index (χ3v) is 11.5. The van der Waals surface area contributed by atoms with Crippen LogP contribution in [0.2, 0.25) is 0 Å². The maximum absolute atomic E-state index is 12.3. The Morgan fingerprint density at radius 2 is 0.756 bits per heavy atom. The quantitative estimate of drug-likeness (QED) is 0.0516. The van der Waals surface area contributed by atoms with E-state index < -0.39 is 47.1 Å². The summed E-state index contributed by atoms with van der Waals surface area (Å²) in [5.74, 6) is -2.76. The Kier molecular flexibility index (Phi) is 78.6. The third kappa shape index (κ3) is 62.8. The number of nitrogens with one attached hydrogen (secondary N) is 2. The van der Waals surface area contributed by atoms with Gasteiger partial charge in [0.15, 0.2) is 20.4 Å². The Morgan fingerprint density at radius 1 is 0.488 bits per heavy atom. The van der Waals surface area contributed by atoms with Gasteiger partial charge in [0.1, 0.15) is 11.5 Å². The van der Waals surface area contributed by atoms with E-state index in [0.29, 0.717) is 18.6 Å². The fraction of sp³-hybridized carbons (Fsp3) is 0.481. The largest absolute Gasteiger partial charge is 1.00 e. The smallest absolute Gasteiger partial charge is 0.548 e. The van der Waals surface area contributed by atoms with Crippen LogP contribution in [0.5, 0.6) is 11.5 Å². The Morgan fingerprint density at radius 3 is 1.00 bits per heavy atom. The number of benzene rings is 4. The van der Waals surface area contributed by atoms with Crippen molar-refractivity contribution in [1.29, 1.82) is 0 Å². The molecule has 82 heavy (non-hydrogen) atoms. The van der Waals surface area contributed by atoms with Crippen LogP contribution in [-0.4, -0.2) is 117 Å². The summed E-state index contributed by atoms with van der Waals surface area (Å²) in [5.41, 5.74) is 1.90. The van der Waals surface area contributed by atoms with Crippen LogP contribution in [0.15, 0.2) is 121 Å². The monoisotopic (exact) mass is 1370 g/mol. The summed E-state index contributed by atoms with van der Waals surface area (Å²) in [7, 11) is -2.37. The number of carboxylic acid groups (broad SMARTS) is 2. The first-order chi connectivity index (χ1) is 38.1. The van der Waals surface area contributed by atoms with Crippen LogP contribution in [0.1, 0.15) is 87.3 Å². The van der Waals surface area contributed by atoms with E-state index in [9.17, 15) is 43.1 Å². The molecule has 0 aliphatic rings. The van der Waals surface area contributed by atoms with E-state index in [0.717, 1.165) is 24.4 Å². The Hall–Kier alpha value is -1.74. The summed E-state index contributed by atoms with van der Waals surface area (Å²) < 4.78 is 86.1. The van der Waals surface area contributed by atoms with E-state index in [1.165, 1.54) is 49.4 Å². The molecule has 3 unspecified atom stereocenters. The first-order valence-electron chi connectivity index (χ1n) is 25.1. The Bertz CT molecular complexity index is 2130. The van der Waals surface area contributed by atoms with E-state index >= 15 is 0 Å². The average molecular weight is 1370 g/mol. The fourth-order valence-electron chi connectivity index (χ4n) is 4.02. The predicted octanol–water partition coefficient (Wildman–Crippen LogP) is 3.04. The van der Waals surface area contributed by atoms with Gasteiger partial charge in [-0.3, -0.25) is 23.2 Å². The minimum atomic E-state index is -3.86. The molecule has 0 spiro atoms. The maximum Gasteiger partial charge on any atom is 1.00 e. The summed E-state index contributed by atoms with van der Waals surface area (Å²) >= 11 is 0. The molecule has 4 aromatic rings. The summed E-state index contributed by atoms with van der Waals surface area (Å²) in [4.78, 5) is 51.5. The second-order valence-corrected chi connectivity index (χ2v) is 19.1. The normalized spacial score (nSPS) is 12.0. The third-order valence-electron chi connectivity index (χ3n) is 7.61. The minimum Gasteiger partial charge on any atom is -0.548 e. The number of aliphatic carboxylic acids is 2. The minimum absolute atomic E-state index is 0. The standard InChI is InChI=1S/C11H16NO6P.C10H14NO5P.2C10H12O3.C3H8O.C2H7O3P.4C2H6.2Rb/c1-9(11(13)14)12-19(15,17-8-16-2)18-10-6-4-3-5-7-10;1-8(10(12)13)11-17(14,15-2)16-9-6-4-3-5-7-9;2*1-12-8-13-10(11)7-9-5-3-2-4-6-9;1-3-4-2;1-5-6(2,3)4;4*1-2;;/h3-7,9H,8H2,1-2H3,(H,12,15)(H,13,14);3-8H,1-2H3,(H,11,14)(H,12,13);2*2-6H,7-8H2,1H3;3H2,1-2H3;1-2H3,(H,3,4);4*1-2H3;;/q;;;;;;;;;;2*+1/p-2/t9-,19?;8-,17?;;;;;;;;;;/m00........../s1. The second-order valence-electron chi connectivity index (χ2n) is 13.6. The van der Waals surface area contributed by atoms with Gasteiger partial charge < -0.3 is 66.7 Å². The number of methoxy groups -OCH3 is 4. The van der Waals surface area contributed by atoms with Gasteiger partial charge in [-0.25, -0.2) is 19.3 Å². The van der Waals surface area contributed by atoms with Crippen LogP contribution in [-0.2, 0) is 87.7 Å². The molecule has 0 bridgehead atoms. The van der Waals surface area contributed by atoms with Crippen molar-refractivity contribution >= 4 is 47.0 Å². The summed E-state index contributed by atoms with van der Waals surface area (Å²) in [6.07, 6.45) is 0.592. The van der Waals surface area contributed by atoms with Crippen LogP contribution >= 0.6 is 23.1 Å². The van der Waals surface area contributed by atoms with Gasteiger partial charge in [0.2, 0.25) is 0 Å². The zero-order valence-corrected chi connectivity index (χ0v) is 64.4. The molecule has 0 heterocycles. The summed E-state index contributed by atoms with van der Waals surface area (Å²) in [6.45, 7) is 22.2. The number of hydrogen-bond donors (Lipinski definition) is 3. The van der Waals surface area contributed by atoms with E-state index in [1.54, 1.807) is 67.8 Å². The topological polar surface area (TPSA) is 311 Å². The van der Waals surface area contributed by atoms with Crippen molar-refractivity contribution in [3.63, 3.8) is 0 Å². The number of carbonyl (C=O) groups is 4. The van der Waals surface area contributed by atoms with Gasteiger partial charge in [-0.15, -0.1) is 0 Å². The van der Waals surface area contributed by atoms with Gasteiger partial charge in [-0.05, 0) is 56.2 Å². The Balaban J connectivity index is -0.000000135. The van der Waals surface area contributed by atoms with Gasteiger partial charge in [0, 0.05) is 55.9 Å². The predicted molar refractivity (Wildman–Crippen MR) is 306 cm³/mol. The number of hydrogen-bond acceptors (Lipinski definition) is 20. The number of rotatable bonds is 24. The zero-order valence-electron chi connectivity index (χ0n) is 51.9. The molecular formula is C54H91N2O21P3Rb2. The Labute approximate surface area is 586 Å². The van der Waals surface area contributed by atoms with Crippen LogP contribution in [0, 0.1) is 0 Å². The summed E-state index contributed by atoms with van der Waals surface area (Å²) in [6, 6.07) is 33.1. The van der Waals surface area contributed by atoms with Gasteiger partial charge in [-0.2, -0.15) is 0 Å². The van der Waals surface area contributed by atoms with Gasteiger partial charge in [-0.1, -0.05) is 152 Å². The van der Waals surface area contributed by atoms with Crippen LogP contribution < -0.4 is 146 Å². The first kappa shape index (κ1) is 96.6. The van der Waals surface area contributed by atoms with Crippen molar-refractivity contribution in [3.05, 3.63) is 132 Å². The van der Waals surface area contributed by atoms with Crippen molar-refractivity contribution in [2.75, 3.05) is 76.3 Å². The molecule has 460 valence electrons. The second kappa shape index (κ2) is 66.8. The number of carboxylic acids is 2. The number of carbonyl (C=O) groups excluding carboxylic acids is 4. The molecular weight excluding hydrogens is 1280 g/mol. The molecule has 0 saturated heterocycles. The first-order valence-corrected chi connectivity index (χ1v) is 30.2. The van der Waals surface area contributed by atoms with Crippen molar-refractivity contribution in [1.82, 2.24) is 10.2 Å². The molecule has 0 saturated carbocycles. The van der Waals surface area contributed by atoms with Crippen LogP contribution in [0.3, 0.4) is 0 Å². The van der Waals surface area contributed by atoms with Crippen LogP contribution in [0.4, 0.5) is 0 Å². The summed E-state index contributed by atoms with van der Waals surface area (Å²) in [5, 5.41) is 25.7. The SMILES string of the molecule is CC.CC.CC.CC.CCOC.COCOC(=O)Cc1ccccc1.COCOC(=O)Cc1ccccc1.COCOP(=O)(N[C@@H](C)C(=O)[O-])Oc1ccccc1.COP(=O)(N[C@@H](C)C(=O)[O-])Oc1ccccc1.COP(C)(=O)O.[Rb+].[Rb+]. The maximum atomic E-state index is 12.3. The number of esters is 2. The molecule has 0 aromatic heterocycles. The molecule has 23 nitrogen and oxygen atoms in total. The molecule has 28 heteroatoms. The molecule has 5 atom stereocenters. The van der Waals surface area contributed by atoms with E-state index in [1.807, 2.05) is 123 Å². The molecule has 0 aliphatic carbocycles. The molecule has 3 N–H and O–H groups in total. The fourth-order valence-corrected chi connectivity index (χ4v) is 6.64. The molecule has 4 aromatic carbocycles. The molecule has 0 radical (unpaired) electrons. The van der Waals surface area contributed by atoms with Crippen LogP contribution in [0.25, 0.3) is 0 Å². The van der Waals surface area contributed by atoms with E-state index in [4.69, 9.17) is 32.5 Å². The van der Waals surface area contributed by atoms with Gasteiger partial charge >= 0.3 is 151 Å². The van der Waals surface area contributed by atoms with Crippen molar-refractivity contribution in [2.24, 2.45) is 0 Å².